The predicted molar refractivity (Wildman–Crippen MR) is 76.6 cm³/mol. The smallest absolute Gasteiger partial charge is 0.287 e. The van der Waals surface area contributed by atoms with Crippen molar-refractivity contribution >= 4 is 28.5 Å². The molecule has 0 aliphatic carbocycles. The molecule has 4 nitrogen and oxygen atoms in total. The molecule has 102 valence electrons. The van der Waals surface area contributed by atoms with E-state index in [1.54, 1.807) is 18.2 Å². The van der Waals surface area contributed by atoms with Crippen molar-refractivity contribution in [2.24, 2.45) is 5.73 Å². The van der Waals surface area contributed by atoms with Crippen molar-refractivity contribution in [2.45, 2.75) is 26.3 Å². The van der Waals surface area contributed by atoms with Crippen LogP contribution in [0.3, 0.4) is 0 Å². The molecule has 0 spiro atoms. The summed E-state index contributed by atoms with van der Waals surface area (Å²) >= 11 is 5.95. The van der Waals surface area contributed by atoms with Crippen molar-refractivity contribution in [3.05, 3.63) is 34.5 Å². The summed E-state index contributed by atoms with van der Waals surface area (Å²) in [4.78, 5) is 12.2. The van der Waals surface area contributed by atoms with Crippen LogP contribution in [0, 0.1) is 6.92 Å². The van der Waals surface area contributed by atoms with Gasteiger partial charge in [0.2, 0.25) is 0 Å². The number of furan rings is 1. The number of amides is 1. The van der Waals surface area contributed by atoms with E-state index < -0.39 is 5.54 Å². The summed E-state index contributed by atoms with van der Waals surface area (Å²) in [6.07, 6.45) is 0. The normalized spacial score (nSPS) is 11.8. The first-order valence-corrected chi connectivity index (χ1v) is 6.43. The van der Waals surface area contributed by atoms with Crippen LogP contribution in [0.25, 0.3) is 11.0 Å². The standard InChI is InChI=1S/C14H17ClN2O2/c1-8-10-6-9(15)4-5-11(10)19-12(8)13(18)17-14(2,3)7-16/h4-6H,7,16H2,1-3H3,(H,17,18). The third kappa shape index (κ3) is 2.74. The molecule has 1 aromatic carbocycles. The maximum Gasteiger partial charge on any atom is 0.287 e. The van der Waals surface area contributed by atoms with Gasteiger partial charge in [-0.2, -0.15) is 0 Å². The number of halogens is 1. The molecule has 0 atom stereocenters. The van der Waals surface area contributed by atoms with Gasteiger partial charge in [0.15, 0.2) is 5.76 Å². The molecular weight excluding hydrogens is 264 g/mol. The predicted octanol–water partition coefficient (Wildman–Crippen LogP) is 2.86. The lowest BCUT2D eigenvalue weighted by Gasteiger charge is -2.23. The Hall–Kier alpha value is -1.52. The first-order chi connectivity index (χ1) is 8.84. The van der Waals surface area contributed by atoms with Crippen molar-refractivity contribution in [1.82, 2.24) is 5.32 Å². The van der Waals surface area contributed by atoms with Crippen LogP contribution >= 0.6 is 11.6 Å². The number of carbonyl (C=O) groups is 1. The van der Waals surface area contributed by atoms with Crippen molar-refractivity contribution in [1.29, 1.82) is 0 Å². The van der Waals surface area contributed by atoms with E-state index in [9.17, 15) is 4.79 Å². The fraction of sp³-hybridized carbons (Fsp3) is 0.357. The number of benzene rings is 1. The summed E-state index contributed by atoms with van der Waals surface area (Å²) in [5, 5.41) is 4.31. The lowest BCUT2D eigenvalue weighted by Crippen LogP contribution is -2.48. The molecule has 19 heavy (non-hydrogen) atoms. The van der Waals surface area contributed by atoms with Crippen LogP contribution in [0.4, 0.5) is 0 Å². The maximum atomic E-state index is 12.2. The van der Waals surface area contributed by atoms with Gasteiger partial charge in [0.1, 0.15) is 5.58 Å². The van der Waals surface area contributed by atoms with Crippen LogP contribution < -0.4 is 11.1 Å². The molecule has 1 aromatic heterocycles. The zero-order chi connectivity index (χ0) is 14.2. The molecule has 1 amide bonds. The molecule has 0 aliphatic rings. The van der Waals surface area contributed by atoms with Gasteiger partial charge in [0.05, 0.1) is 0 Å². The molecule has 0 unspecified atom stereocenters. The number of hydrogen-bond donors (Lipinski definition) is 2. The van der Waals surface area contributed by atoms with Gasteiger partial charge in [-0.25, -0.2) is 0 Å². The highest BCUT2D eigenvalue weighted by atomic mass is 35.5. The number of carbonyl (C=O) groups excluding carboxylic acids is 1. The number of fused-ring (bicyclic) bond motifs is 1. The molecule has 0 bridgehead atoms. The zero-order valence-corrected chi connectivity index (χ0v) is 12.0. The van der Waals surface area contributed by atoms with E-state index in [1.807, 2.05) is 20.8 Å². The number of rotatable bonds is 3. The van der Waals surface area contributed by atoms with Crippen LogP contribution in [-0.2, 0) is 0 Å². The summed E-state index contributed by atoms with van der Waals surface area (Å²) in [7, 11) is 0. The second-order valence-electron chi connectivity index (χ2n) is 5.24. The highest BCUT2D eigenvalue weighted by Gasteiger charge is 2.24. The summed E-state index contributed by atoms with van der Waals surface area (Å²) in [6.45, 7) is 5.91. The fourth-order valence-electron chi connectivity index (χ4n) is 1.82. The molecule has 2 rings (SSSR count). The van der Waals surface area contributed by atoms with Gasteiger partial charge >= 0.3 is 0 Å². The Morgan fingerprint density at radius 2 is 2.16 bits per heavy atom. The van der Waals surface area contributed by atoms with Crippen molar-refractivity contribution in [3.63, 3.8) is 0 Å². The van der Waals surface area contributed by atoms with Crippen LogP contribution in [-0.4, -0.2) is 18.0 Å². The Bertz CT molecular complexity index is 632. The van der Waals surface area contributed by atoms with Crippen LogP contribution in [0.1, 0.15) is 30.0 Å². The maximum absolute atomic E-state index is 12.2. The second-order valence-corrected chi connectivity index (χ2v) is 5.68. The van der Waals surface area contributed by atoms with Crippen molar-refractivity contribution < 1.29 is 9.21 Å². The minimum absolute atomic E-state index is 0.264. The monoisotopic (exact) mass is 280 g/mol. The van der Waals surface area contributed by atoms with E-state index in [1.165, 1.54) is 0 Å². The molecule has 0 saturated carbocycles. The second kappa shape index (κ2) is 4.87. The first-order valence-electron chi connectivity index (χ1n) is 6.05. The van der Waals surface area contributed by atoms with E-state index in [4.69, 9.17) is 21.8 Å². The molecule has 0 aliphatic heterocycles. The van der Waals surface area contributed by atoms with E-state index >= 15 is 0 Å². The number of hydrogen-bond acceptors (Lipinski definition) is 3. The van der Waals surface area contributed by atoms with E-state index in [-0.39, 0.29) is 5.91 Å². The molecule has 0 fully saturated rings. The third-order valence-electron chi connectivity index (χ3n) is 3.07. The van der Waals surface area contributed by atoms with Crippen LogP contribution in [0.15, 0.2) is 22.6 Å². The van der Waals surface area contributed by atoms with Crippen molar-refractivity contribution in [2.75, 3.05) is 6.54 Å². The van der Waals surface area contributed by atoms with Gasteiger partial charge in [-0.3, -0.25) is 4.79 Å². The van der Waals surface area contributed by atoms with Crippen LogP contribution in [0.2, 0.25) is 5.02 Å². The third-order valence-corrected chi connectivity index (χ3v) is 3.30. The van der Waals surface area contributed by atoms with Gasteiger partial charge in [-0.1, -0.05) is 11.6 Å². The average Bonchev–Trinajstić information content (AvgIpc) is 2.66. The molecule has 0 saturated heterocycles. The highest BCUT2D eigenvalue weighted by molar-refractivity contribution is 6.31. The minimum Gasteiger partial charge on any atom is -0.451 e. The Balaban J connectivity index is 2.40. The van der Waals surface area contributed by atoms with Gasteiger partial charge < -0.3 is 15.5 Å². The number of nitrogens with one attached hydrogen (secondary N) is 1. The first kappa shape index (κ1) is 13.9. The molecule has 2 aromatic rings. The summed E-state index contributed by atoms with van der Waals surface area (Å²) < 4.78 is 5.59. The topological polar surface area (TPSA) is 68.3 Å². The fourth-order valence-corrected chi connectivity index (χ4v) is 2.00. The molecule has 1 heterocycles. The molecule has 5 heteroatoms. The van der Waals surface area contributed by atoms with E-state index in [0.717, 1.165) is 10.9 Å². The quantitative estimate of drug-likeness (QED) is 0.908. The van der Waals surface area contributed by atoms with Gasteiger partial charge in [0.25, 0.3) is 5.91 Å². The Morgan fingerprint density at radius 3 is 2.79 bits per heavy atom. The van der Waals surface area contributed by atoms with Gasteiger partial charge in [-0.05, 0) is 39.0 Å². The summed E-state index contributed by atoms with van der Waals surface area (Å²) in [6, 6.07) is 5.29. The highest BCUT2D eigenvalue weighted by Crippen LogP contribution is 2.28. The average molecular weight is 281 g/mol. The summed E-state index contributed by atoms with van der Waals surface area (Å²) in [5.41, 5.74) is 6.56. The molecular formula is C14H17ClN2O2. The number of nitrogens with two attached hydrogens (primary N) is 1. The molecule has 0 radical (unpaired) electrons. The van der Waals surface area contributed by atoms with E-state index in [0.29, 0.717) is 22.9 Å². The van der Waals surface area contributed by atoms with Crippen LogP contribution in [0.5, 0.6) is 0 Å². The Kier molecular flexibility index (Phi) is 3.56. The Labute approximate surface area is 116 Å². The lowest BCUT2D eigenvalue weighted by atomic mass is 10.1. The molecule has 3 N–H and O–H groups in total. The number of aryl methyl sites for hydroxylation is 1. The largest absolute Gasteiger partial charge is 0.451 e. The minimum atomic E-state index is -0.472. The van der Waals surface area contributed by atoms with Gasteiger partial charge in [-0.15, -0.1) is 0 Å². The Morgan fingerprint density at radius 1 is 1.47 bits per heavy atom. The SMILES string of the molecule is Cc1c(C(=O)NC(C)(C)CN)oc2ccc(Cl)cc12. The van der Waals surface area contributed by atoms with E-state index in [2.05, 4.69) is 5.32 Å². The summed E-state index contributed by atoms with van der Waals surface area (Å²) in [5.74, 6) is 0.0408. The lowest BCUT2D eigenvalue weighted by molar-refractivity contribution is 0.0888. The zero-order valence-electron chi connectivity index (χ0n) is 11.2. The van der Waals surface area contributed by atoms with Gasteiger partial charge in [0, 0.05) is 28.1 Å². The van der Waals surface area contributed by atoms with Crippen molar-refractivity contribution in [3.8, 4) is 0 Å².